The number of hydrogen-bond donors (Lipinski definition) is 1. The van der Waals surface area contributed by atoms with Gasteiger partial charge >= 0.3 is 5.97 Å². The molecule has 0 spiro atoms. The van der Waals surface area contributed by atoms with Crippen LogP contribution in [0.1, 0.15) is 40.7 Å². The van der Waals surface area contributed by atoms with Gasteiger partial charge in [0.2, 0.25) is 5.88 Å². The van der Waals surface area contributed by atoms with Gasteiger partial charge in [0.05, 0.1) is 12.5 Å². The van der Waals surface area contributed by atoms with Crippen molar-refractivity contribution in [3.63, 3.8) is 0 Å². The fraction of sp³-hybridized carbons (Fsp3) is 0.185. The van der Waals surface area contributed by atoms with E-state index in [1.165, 1.54) is 0 Å². The van der Waals surface area contributed by atoms with Gasteiger partial charge in [-0.05, 0) is 48.6 Å². The summed E-state index contributed by atoms with van der Waals surface area (Å²) in [6.45, 7) is 2.50. The lowest BCUT2D eigenvalue weighted by molar-refractivity contribution is 0.0730. The van der Waals surface area contributed by atoms with Crippen LogP contribution in [0.15, 0.2) is 83.1 Å². The molecule has 172 valence electrons. The monoisotopic (exact) mass is 472 g/mol. The van der Waals surface area contributed by atoms with Crippen molar-refractivity contribution in [2.24, 2.45) is 5.73 Å². The molecule has 6 nitrogen and oxygen atoms in total. The summed E-state index contributed by atoms with van der Waals surface area (Å²) in [6, 6.07) is 22.2. The Morgan fingerprint density at radius 3 is 2.62 bits per heavy atom. The zero-order valence-electron chi connectivity index (χ0n) is 18.9. The van der Waals surface area contributed by atoms with Gasteiger partial charge < -0.3 is 19.9 Å². The van der Waals surface area contributed by atoms with E-state index in [0.29, 0.717) is 35.0 Å². The van der Waals surface area contributed by atoms with Crippen LogP contribution < -0.4 is 19.9 Å². The topological polar surface area (TPSA) is 94.6 Å². The van der Waals surface area contributed by atoms with Gasteiger partial charge in [-0.25, -0.2) is 4.79 Å². The predicted molar refractivity (Wildman–Crippen MR) is 131 cm³/mol. The molecule has 2 N–H and O–H groups in total. The number of benzene rings is 3. The van der Waals surface area contributed by atoms with Crippen molar-refractivity contribution in [3.8, 4) is 23.3 Å². The molecular weight excluding hydrogens is 448 g/mol. The molecule has 0 aromatic heterocycles. The predicted octanol–water partition coefficient (Wildman–Crippen LogP) is 5.63. The molecule has 1 unspecified atom stereocenters. The lowest BCUT2D eigenvalue weighted by atomic mass is 9.83. The molecule has 1 aliphatic heterocycles. The van der Waals surface area contributed by atoms with E-state index in [9.17, 15) is 10.1 Å². The van der Waals surface area contributed by atoms with E-state index in [2.05, 4.69) is 6.07 Å². The summed E-state index contributed by atoms with van der Waals surface area (Å²) in [5, 5.41) is 9.75. The van der Waals surface area contributed by atoms with Crippen LogP contribution in [-0.2, 0) is 0 Å². The Hall–Kier alpha value is -3.89. The number of nitrogens with zero attached hydrogens (tertiary/aromatic N) is 1. The number of thioether (sulfide) groups is 1. The Kier molecular flexibility index (Phi) is 7.09. The average Bonchev–Trinajstić information content (AvgIpc) is 2.86. The van der Waals surface area contributed by atoms with Crippen molar-refractivity contribution in [1.82, 2.24) is 0 Å². The highest BCUT2D eigenvalue weighted by Crippen LogP contribution is 2.43. The molecular formula is C27H24N2O4S. The summed E-state index contributed by atoms with van der Waals surface area (Å²) in [6.07, 6.45) is 2.83. The number of ether oxygens (including phenoxy) is 3. The SMILES string of the molecule is CCCOc1ccccc1C(=O)Oc1ccc2c(c1)OC(N)=C(C#N)C2c1ccc(SC)cc1. The van der Waals surface area contributed by atoms with Crippen molar-refractivity contribution in [1.29, 1.82) is 5.26 Å². The second kappa shape index (κ2) is 10.4. The number of fused-ring (bicyclic) bond motifs is 1. The zero-order chi connectivity index (χ0) is 24.1. The number of carbonyl (C=O) groups excluding carboxylic acids is 1. The molecule has 34 heavy (non-hydrogen) atoms. The molecule has 7 heteroatoms. The third-order valence-corrected chi connectivity index (χ3v) is 6.16. The summed E-state index contributed by atoms with van der Waals surface area (Å²) < 4.78 is 17.0. The highest BCUT2D eigenvalue weighted by atomic mass is 32.2. The molecule has 0 amide bonds. The van der Waals surface area contributed by atoms with Gasteiger partial charge in [0, 0.05) is 16.5 Å². The molecule has 1 atom stereocenters. The van der Waals surface area contributed by atoms with Crippen LogP contribution in [0.25, 0.3) is 0 Å². The Bertz CT molecular complexity index is 1280. The van der Waals surface area contributed by atoms with Crippen LogP contribution >= 0.6 is 11.8 Å². The minimum atomic E-state index is -0.534. The normalized spacial score (nSPS) is 14.6. The van der Waals surface area contributed by atoms with Crippen molar-refractivity contribution >= 4 is 17.7 Å². The summed E-state index contributed by atoms with van der Waals surface area (Å²) in [5.74, 6) is 0.347. The van der Waals surface area contributed by atoms with Gasteiger partial charge in [-0.2, -0.15) is 5.26 Å². The quantitative estimate of drug-likeness (QED) is 0.270. The van der Waals surface area contributed by atoms with E-state index >= 15 is 0 Å². The van der Waals surface area contributed by atoms with E-state index < -0.39 is 5.97 Å². The number of hydrogen-bond acceptors (Lipinski definition) is 7. The van der Waals surface area contributed by atoms with Crippen LogP contribution in [0.2, 0.25) is 0 Å². The first-order valence-electron chi connectivity index (χ1n) is 10.8. The van der Waals surface area contributed by atoms with Gasteiger partial charge in [0.25, 0.3) is 0 Å². The average molecular weight is 473 g/mol. The Morgan fingerprint density at radius 1 is 1.15 bits per heavy atom. The maximum Gasteiger partial charge on any atom is 0.347 e. The van der Waals surface area contributed by atoms with Crippen LogP contribution in [0.3, 0.4) is 0 Å². The van der Waals surface area contributed by atoms with Crippen LogP contribution in [-0.4, -0.2) is 18.8 Å². The zero-order valence-corrected chi connectivity index (χ0v) is 19.7. The molecule has 4 rings (SSSR count). The Balaban J connectivity index is 1.64. The van der Waals surface area contributed by atoms with E-state index in [-0.39, 0.29) is 11.8 Å². The van der Waals surface area contributed by atoms with Gasteiger partial charge in [0.1, 0.15) is 34.5 Å². The third-order valence-electron chi connectivity index (χ3n) is 5.42. The molecule has 0 bridgehead atoms. The maximum atomic E-state index is 12.9. The molecule has 1 heterocycles. The first kappa shape index (κ1) is 23.3. The highest BCUT2D eigenvalue weighted by Gasteiger charge is 2.31. The maximum absolute atomic E-state index is 12.9. The van der Waals surface area contributed by atoms with E-state index in [1.807, 2.05) is 43.5 Å². The first-order chi connectivity index (χ1) is 16.5. The molecule has 3 aromatic carbocycles. The Morgan fingerprint density at radius 2 is 1.91 bits per heavy atom. The number of carbonyl (C=O) groups is 1. The van der Waals surface area contributed by atoms with Gasteiger partial charge in [-0.1, -0.05) is 37.3 Å². The van der Waals surface area contributed by atoms with Crippen LogP contribution in [0, 0.1) is 11.3 Å². The molecule has 0 radical (unpaired) electrons. The third kappa shape index (κ3) is 4.73. The smallest absolute Gasteiger partial charge is 0.347 e. The number of nitriles is 1. The molecule has 0 aliphatic carbocycles. The standard InChI is InChI=1S/C27H24N2O4S/c1-3-14-31-23-7-5-4-6-21(23)27(30)32-18-10-13-20-24(15-18)33-26(29)22(16-28)25(20)17-8-11-19(34-2)12-9-17/h4-13,15,25H,3,14,29H2,1-2H3. The molecule has 0 saturated carbocycles. The van der Waals surface area contributed by atoms with Crippen molar-refractivity contribution in [2.75, 3.05) is 12.9 Å². The summed E-state index contributed by atoms with van der Waals surface area (Å²) in [5.41, 5.74) is 8.48. The molecule has 0 fully saturated rings. The first-order valence-corrected chi connectivity index (χ1v) is 12.1. The summed E-state index contributed by atoms with van der Waals surface area (Å²) in [4.78, 5) is 14.0. The second-order valence-electron chi connectivity index (χ2n) is 7.63. The fourth-order valence-electron chi connectivity index (χ4n) is 3.77. The van der Waals surface area contributed by atoms with Crippen LogP contribution in [0.5, 0.6) is 17.2 Å². The molecule has 3 aromatic rings. The van der Waals surface area contributed by atoms with Gasteiger partial charge in [0.15, 0.2) is 0 Å². The highest BCUT2D eigenvalue weighted by molar-refractivity contribution is 7.98. The van der Waals surface area contributed by atoms with Crippen LogP contribution in [0.4, 0.5) is 0 Å². The number of esters is 1. The Labute approximate surface area is 202 Å². The van der Waals surface area contributed by atoms with E-state index in [1.54, 1.807) is 48.2 Å². The minimum Gasteiger partial charge on any atom is -0.493 e. The summed E-state index contributed by atoms with van der Waals surface area (Å²) in [7, 11) is 0. The molecule has 0 saturated heterocycles. The second-order valence-corrected chi connectivity index (χ2v) is 8.51. The summed E-state index contributed by atoms with van der Waals surface area (Å²) >= 11 is 1.64. The number of rotatable bonds is 7. The van der Waals surface area contributed by atoms with Crippen molar-refractivity contribution < 1.29 is 19.0 Å². The molecule has 1 aliphatic rings. The van der Waals surface area contributed by atoms with Crippen molar-refractivity contribution in [3.05, 3.63) is 94.9 Å². The minimum absolute atomic E-state index is 0.0377. The number of para-hydroxylation sites is 1. The van der Waals surface area contributed by atoms with Crippen molar-refractivity contribution in [2.45, 2.75) is 24.2 Å². The van der Waals surface area contributed by atoms with Gasteiger partial charge in [-0.3, -0.25) is 0 Å². The van der Waals surface area contributed by atoms with E-state index in [4.69, 9.17) is 19.9 Å². The fourth-order valence-corrected chi connectivity index (χ4v) is 4.18. The lowest BCUT2D eigenvalue weighted by Gasteiger charge is -2.26. The van der Waals surface area contributed by atoms with E-state index in [0.717, 1.165) is 22.4 Å². The van der Waals surface area contributed by atoms with Gasteiger partial charge in [-0.15, -0.1) is 11.8 Å². The largest absolute Gasteiger partial charge is 0.493 e. The number of nitrogens with two attached hydrogens (primary N) is 1. The number of allylic oxidation sites excluding steroid dienone is 1. The lowest BCUT2D eigenvalue weighted by Crippen LogP contribution is -2.21.